The zero-order valence-corrected chi connectivity index (χ0v) is 16.9. The number of nitrogens with zero attached hydrogens (tertiary/aromatic N) is 2. The van der Waals surface area contributed by atoms with Crippen molar-refractivity contribution in [2.45, 2.75) is 25.0 Å². The minimum absolute atomic E-state index is 0.0133. The molecule has 1 N–H and O–H groups in total. The number of anilines is 1. The van der Waals surface area contributed by atoms with E-state index in [1.807, 2.05) is 30.3 Å². The van der Waals surface area contributed by atoms with E-state index in [4.69, 9.17) is 4.74 Å². The van der Waals surface area contributed by atoms with E-state index in [0.717, 1.165) is 5.56 Å². The van der Waals surface area contributed by atoms with E-state index >= 15 is 0 Å². The molecule has 2 fully saturated rings. The van der Waals surface area contributed by atoms with Gasteiger partial charge in [-0.1, -0.05) is 30.3 Å². The van der Waals surface area contributed by atoms with E-state index in [2.05, 4.69) is 5.32 Å². The Kier molecular flexibility index (Phi) is 6.13. The number of carbonyl (C=O) groups excluding carboxylic acids is 3. The smallest absolute Gasteiger partial charge is 0.329 e. The topological polar surface area (TPSA) is 79.0 Å². The quantitative estimate of drug-likeness (QED) is 0.565. The number of urea groups is 1. The highest BCUT2D eigenvalue weighted by Crippen LogP contribution is 2.26. The average Bonchev–Trinajstić information content (AvgIpc) is 3.09. The highest BCUT2D eigenvalue weighted by Gasteiger charge is 2.40. The molecular formula is C22H20F3N3O4. The molecule has 0 radical (unpaired) electrons. The number of imide groups is 1. The number of hydrogen-bond acceptors (Lipinski definition) is 4. The molecular weight excluding hydrogens is 427 g/mol. The summed E-state index contributed by atoms with van der Waals surface area (Å²) < 4.78 is 46.0. The van der Waals surface area contributed by atoms with Gasteiger partial charge in [-0.25, -0.2) is 22.9 Å². The largest absolute Gasteiger partial charge is 0.370 e. The number of carbonyl (C=O) groups is 3. The fourth-order valence-corrected chi connectivity index (χ4v) is 3.81. The molecule has 0 spiro atoms. The Labute approximate surface area is 181 Å². The maximum Gasteiger partial charge on any atom is 0.329 e. The fraction of sp³-hybridized carbons (Fsp3) is 0.318. The standard InChI is InChI=1S/C22H20F3N3O4/c23-15-10-14(11-16(24)20(15)25)28-21(30)17(26-22(28)31)6-7-19(29)27-8-9-32-18(12-27)13-4-2-1-3-5-13/h1-5,10-11,17-18H,6-9,12H2,(H,26,31). The summed E-state index contributed by atoms with van der Waals surface area (Å²) in [6.45, 7) is 1.15. The molecule has 4 amide bonds. The fourth-order valence-electron chi connectivity index (χ4n) is 3.81. The van der Waals surface area contributed by atoms with E-state index in [1.54, 1.807) is 4.90 Å². The predicted octanol–water partition coefficient (Wildman–Crippen LogP) is 2.91. The van der Waals surface area contributed by atoms with E-state index in [0.29, 0.717) is 36.7 Å². The van der Waals surface area contributed by atoms with Gasteiger partial charge in [0, 0.05) is 25.1 Å². The lowest BCUT2D eigenvalue weighted by molar-refractivity contribution is -0.139. The first kappa shape index (κ1) is 21.8. The van der Waals surface area contributed by atoms with E-state index in [9.17, 15) is 27.6 Å². The van der Waals surface area contributed by atoms with Crippen LogP contribution in [0.25, 0.3) is 0 Å². The number of halogens is 3. The second-order valence-corrected chi connectivity index (χ2v) is 7.55. The second-order valence-electron chi connectivity index (χ2n) is 7.55. The van der Waals surface area contributed by atoms with Crippen LogP contribution < -0.4 is 10.2 Å². The number of ether oxygens (including phenoxy) is 1. The maximum atomic E-state index is 13.5. The number of amides is 4. The Hall–Kier alpha value is -3.40. The van der Waals surface area contributed by atoms with Crippen molar-refractivity contribution in [3.05, 3.63) is 65.5 Å². The maximum absolute atomic E-state index is 13.5. The molecule has 32 heavy (non-hydrogen) atoms. The third-order valence-corrected chi connectivity index (χ3v) is 5.48. The number of hydrogen-bond donors (Lipinski definition) is 1. The molecule has 0 saturated carbocycles. The minimum Gasteiger partial charge on any atom is -0.370 e. The van der Waals surface area contributed by atoms with Gasteiger partial charge in [-0.05, 0) is 12.0 Å². The Bertz CT molecular complexity index is 1030. The van der Waals surface area contributed by atoms with E-state index in [-0.39, 0.29) is 24.9 Å². The molecule has 0 bridgehead atoms. The van der Waals surface area contributed by atoms with E-state index < -0.39 is 41.1 Å². The Morgan fingerprint density at radius 1 is 1.09 bits per heavy atom. The van der Waals surface area contributed by atoms with Gasteiger partial charge >= 0.3 is 6.03 Å². The van der Waals surface area contributed by atoms with Crippen molar-refractivity contribution in [1.82, 2.24) is 10.2 Å². The monoisotopic (exact) mass is 447 g/mol. The van der Waals surface area contributed by atoms with Crippen LogP contribution in [0.15, 0.2) is 42.5 Å². The molecule has 2 aliphatic rings. The normalized spacial score (nSPS) is 21.1. The molecule has 2 aliphatic heterocycles. The zero-order valence-electron chi connectivity index (χ0n) is 16.9. The molecule has 0 aliphatic carbocycles. The molecule has 0 aromatic heterocycles. The van der Waals surface area contributed by atoms with Gasteiger partial charge < -0.3 is 15.0 Å². The predicted molar refractivity (Wildman–Crippen MR) is 107 cm³/mol. The number of morpholine rings is 1. The van der Waals surface area contributed by atoms with Gasteiger partial charge in [0.05, 0.1) is 18.8 Å². The SMILES string of the molecule is O=C(CCC1NC(=O)N(c2cc(F)c(F)c(F)c2)C1=O)N1CCOC(c2ccccc2)C1. The zero-order chi connectivity index (χ0) is 22.8. The summed E-state index contributed by atoms with van der Waals surface area (Å²) in [6, 6.07) is 8.71. The van der Waals surface area contributed by atoms with Crippen LogP contribution in [0.1, 0.15) is 24.5 Å². The first-order valence-electron chi connectivity index (χ1n) is 10.1. The van der Waals surface area contributed by atoms with Crippen LogP contribution in [0.2, 0.25) is 0 Å². The van der Waals surface area contributed by atoms with Gasteiger partial charge in [-0.3, -0.25) is 9.59 Å². The van der Waals surface area contributed by atoms with Crippen molar-refractivity contribution in [3.8, 4) is 0 Å². The summed E-state index contributed by atoms with van der Waals surface area (Å²) in [4.78, 5) is 39.7. The third-order valence-electron chi connectivity index (χ3n) is 5.48. The van der Waals surface area contributed by atoms with Crippen molar-refractivity contribution in [2.75, 3.05) is 24.6 Å². The molecule has 2 aromatic rings. The second kappa shape index (κ2) is 8.99. The van der Waals surface area contributed by atoms with Gasteiger partial charge in [0.25, 0.3) is 5.91 Å². The summed E-state index contributed by atoms with van der Waals surface area (Å²) in [6.07, 6.45) is -0.252. The van der Waals surface area contributed by atoms with Crippen molar-refractivity contribution in [1.29, 1.82) is 0 Å². The lowest BCUT2D eigenvalue weighted by atomic mass is 10.1. The van der Waals surface area contributed by atoms with Gasteiger partial charge in [0.15, 0.2) is 17.5 Å². The first-order valence-corrected chi connectivity index (χ1v) is 10.1. The summed E-state index contributed by atoms with van der Waals surface area (Å²) in [5.41, 5.74) is 0.536. The molecule has 168 valence electrons. The van der Waals surface area contributed by atoms with Crippen LogP contribution in [0, 0.1) is 17.5 Å². The van der Waals surface area contributed by atoms with Crippen molar-refractivity contribution >= 4 is 23.5 Å². The van der Waals surface area contributed by atoms with Crippen molar-refractivity contribution < 1.29 is 32.3 Å². The van der Waals surface area contributed by atoms with E-state index in [1.165, 1.54) is 0 Å². The van der Waals surface area contributed by atoms with Gasteiger partial charge in [0.1, 0.15) is 12.1 Å². The molecule has 2 unspecified atom stereocenters. The van der Waals surface area contributed by atoms with Crippen LogP contribution in [0.3, 0.4) is 0 Å². The van der Waals surface area contributed by atoms with Gasteiger partial charge in [0.2, 0.25) is 5.91 Å². The Morgan fingerprint density at radius 3 is 2.47 bits per heavy atom. The minimum atomic E-state index is -1.69. The molecule has 2 aromatic carbocycles. The third kappa shape index (κ3) is 4.31. The molecule has 2 heterocycles. The lowest BCUT2D eigenvalue weighted by Gasteiger charge is -2.33. The van der Waals surface area contributed by atoms with Crippen molar-refractivity contribution in [3.63, 3.8) is 0 Å². The van der Waals surface area contributed by atoms with Crippen LogP contribution in [-0.2, 0) is 14.3 Å². The van der Waals surface area contributed by atoms with Crippen molar-refractivity contribution in [2.24, 2.45) is 0 Å². The molecule has 10 heteroatoms. The number of rotatable bonds is 5. The summed E-state index contributed by atoms with van der Waals surface area (Å²) in [5, 5.41) is 2.40. The lowest BCUT2D eigenvalue weighted by Crippen LogP contribution is -2.43. The first-order chi connectivity index (χ1) is 15.3. The van der Waals surface area contributed by atoms with Gasteiger partial charge in [-0.2, -0.15) is 0 Å². The highest BCUT2D eigenvalue weighted by molar-refractivity contribution is 6.21. The molecule has 2 saturated heterocycles. The van der Waals surface area contributed by atoms with Gasteiger partial charge in [-0.15, -0.1) is 0 Å². The number of benzene rings is 2. The Morgan fingerprint density at radius 2 is 1.78 bits per heavy atom. The summed E-state index contributed by atoms with van der Waals surface area (Å²) >= 11 is 0. The molecule has 2 atom stereocenters. The summed E-state index contributed by atoms with van der Waals surface area (Å²) in [5.74, 6) is -5.69. The summed E-state index contributed by atoms with van der Waals surface area (Å²) in [7, 11) is 0. The van der Waals surface area contributed by atoms with Crippen LogP contribution in [0.5, 0.6) is 0 Å². The Balaban J connectivity index is 1.37. The van der Waals surface area contributed by atoms with Crippen LogP contribution in [0.4, 0.5) is 23.7 Å². The van der Waals surface area contributed by atoms with Crippen LogP contribution >= 0.6 is 0 Å². The van der Waals surface area contributed by atoms with Crippen LogP contribution in [-0.4, -0.2) is 48.5 Å². The number of nitrogens with one attached hydrogen (secondary N) is 1. The molecule has 7 nitrogen and oxygen atoms in total. The average molecular weight is 447 g/mol. The molecule has 4 rings (SSSR count). The highest BCUT2D eigenvalue weighted by atomic mass is 19.2.